The summed E-state index contributed by atoms with van der Waals surface area (Å²) in [7, 11) is -2.11. The van der Waals surface area contributed by atoms with Crippen molar-refractivity contribution in [2.24, 2.45) is 0 Å². The number of sulfonamides is 1. The molecule has 2 rings (SSSR count). The summed E-state index contributed by atoms with van der Waals surface area (Å²) in [5.74, 6) is 0.199. The van der Waals surface area contributed by atoms with Gasteiger partial charge in [-0.2, -0.15) is 0 Å². The van der Waals surface area contributed by atoms with Crippen molar-refractivity contribution in [2.75, 3.05) is 7.05 Å². The molecule has 2 aromatic rings. The van der Waals surface area contributed by atoms with Gasteiger partial charge in [0, 0.05) is 9.90 Å². The van der Waals surface area contributed by atoms with Gasteiger partial charge in [0.2, 0.25) is 10.0 Å². The van der Waals surface area contributed by atoms with Gasteiger partial charge in [-0.15, -0.1) is 11.3 Å². The van der Waals surface area contributed by atoms with Crippen LogP contribution in [0.2, 0.25) is 5.02 Å². The van der Waals surface area contributed by atoms with E-state index >= 15 is 0 Å². The molecule has 0 fully saturated rings. The summed E-state index contributed by atoms with van der Waals surface area (Å²) in [6, 6.07) is 9.95. The molecule has 0 aliphatic heterocycles. The zero-order valence-electron chi connectivity index (χ0n) is 13.1. The number of carbonyl (C=O) groups excluding carboxylic acids is 1. The molecular formula is C15H17ClN2O4S2. The maximum Gasteiger partial charge on any atom is 0.261 e. The molecule has 0 aliphatic rings. The monoisotopic (exact) mass is 388 g/mol. The van der Waals surface area contributed by atoms with Crippen molar-refractivity contribution in [3.8, 4) is 5.75 Å². The third-order valence-corrected chi connectivity index (χ3v) is 6.31. The number of benzene rings is 1. The lowest BCUT2D eigenvalue weighted by Crippen LogP contribution is -2.35. The highest BCUT2D eigenvalue weighted by atomic mass is 35.5. The Bertz CT molecular complexity index is 820. The summed E-state index contributed by atoms with van der Waals surface area (Å²) in [6.45, 7) is 1.85. The van der Waals surface area contributed by atoms with Gasteiger partial charge in [0.1, 0.15) is 9.96 Å². The van der Waals surface area contributed by atoms with E-state index in [-0.39, 0.29) is 16.7 Å². The average Bonchev–Trinajstić information content (AvgIpc) is 3.02. The molecule has 1 atom stereocenters. The Labute approximate surface area is 149 Å². The highest BCUT2D eigenvalue weighted by Gasteiger charge is 2.17. The number of hydrogen-bond acceptors (Lipinski definition) is 5. The molecule has 1 aromatic carbocycles. The third kappa shape index (κ3) is 4.94. The van der Waals surface area contributed by atoms with Crippen LogP contribution in [0, 0.1) is 0 Å². The summed E-state index contributed by atoms with van der Waals surface area (Å²) in [5, 5.41) is 3.24. The number of rotatable bonds is 7. The van der Waals surface area contributed by atoms with Gasteiger partial charge in [-0.25, -0.2) is 13.1 Å². The fourth-order valence-electron chi connectivity index (χ4n) is 1.81. The summed E-state index contributed by atoms with van der Waals surface area (Å²) >= 11 is 6.97. The summed E-state index contributed by atoms with van der Waals surface area (Å²) in [4.78, 5) is 12.8. The molecule has 1 heterocycles. The molecular weight excluding hydrogens is 372 g/mol. The molecule has 0 saturated carbocycles. The van der Waals surface area contributed by atoms with E-state index in [1.807, 2.05) is 0 Å². The Hall–Kier alpha value is -1.61. The van der Waals surface area contributed by atoms with Gasteiger partial charge < -0.3 is 10.1 Å². The van der Waals surface area contributed by atoms with E-state index in [1.165, 1.54) is 13.1 Å². The average molecular weight is 389 g/mol. The van der Waals surface area contributed by atoms with Crippen LogP contribution in [0.3, 0.4) is 0 Å². The van der Waals surface area contributed by atoms with Crippen molar-refractivity contribution < 1.29 is 17.9 Å². The first-order chi connectivity index (χ1) is 11.3. The van der Waals surface area contributed by atoms with Crippen molar-refractivity contribution >= 4 is 38.9 Å². The van der Waals surface area contributed by atoms with E-state index in [9.17, 15) is 13.2 Å². The molecule has 24 heavy (non-hydrogen) atoms. The van der Waals surface area contributed by atoms with Crippen LogP contribution in [0.15, 0.2) is 40.6 Å². The van der Waals surface area contributed by atoms with Gasteiger partial charge in [-0.05, 0) is 44.3 Å². The number of thiophene rings is 1. The molecule has 0 saturated heterocycles. The fraction of sp³-hybridized carbons (Fsp3) is 0.267. The largest absolute Gasteiger partial charge is 0.481 e. The van der Waals surface area contributed by atoms with E-state index in [0.717, 1.165) is 16.2 Å². The molecule has 1 aromatic heterocycles. The SMILES string of the molecule is CNS(=O)(=O)c1ccc(CNC(=O)C(C)Oc2cccc(Cl)c2)s1. The minimum Gasteiger partial charge on any atom is -0.481 e. The van der Waals surface area contributed by atoms with E-state index in [0.29, 0.717) is 10.8 Å². The van der Waals surface area contributed by atoms with Gasteiger partial charge in [0.25, 0.3) is 5.91 Å². The number of carbonyl (C=O) groups is 1. The van der Waals surface area contributed by atoms with Crippen molar-refractivity contribution in [2.45, 2.75) is 23.8 Å². The third-order valence-electron chi connectivity index (χ3n) is 3.09. The Morgan fingerprint density at radius 3 is 2.75 bits per heavy atom. The van der Waals surface area contributed by atoms with Crippen molar-refractivity contribution in [1.82, 2.24) is 10.0 Å². The first-order valence-corrected chi connectivity index (χ1v) is 9.72. The number of hydrogen-bond donors (Lipinski definition) is 2. The topological polar surface area (TPSA) is 84.5 Å². The zero-order valence-corrected chi connectivity index (χ0v) is 15.5. The quantitative estimate of drug-likeness (QED) is 0.762. The Kier molecular flexibility index (Phi) is 6.22. The van der Waals surface area contributed by atoms with E-state index < -0.39 is 16.1 Å². The van der Waals surface area contributed by atoms with Crippen molar-refractivity contribution in [3.63, 3.8) is 0 Å². The molecule has 9 heteroatoms. The zero-order chi connectivity index (χ0) is 17.7. The minimum absolute atomic E-state index is 0.206. The van der Waals surface area contributed by atoms with Crippen LogP contribution in [0.4, 0.5) is 0 Å². The molecule has 0 radical (unpaired) electrons. The van der Waals surface area contributed by atoms with Crippen LogP contribution in [0.25, 0.3) is 0 Å². The van der Waals surface area contributed by atoms with Crippen LogP contribution < -0.4 is 14.8 Å². The Morgan fingerprint density at radius 2 is 2.08 bits per heavy atom. The van der Waals surface area contributed by atoms with Gasteiger partial charge in [-0.3, -0.25) is 4.79 Å². The first kappa shape index (κ1) is 18.7. The van der Waals surface area contributed by atoms with Crippen LogP contribution in [-0.2, 0) is 21.4 Å². The maximum atomic E-state index is 12.1. The smallest absolute Gasteiger partial charge is 0.261 e. The lowest BCUT2D eigenvalue weighted by molar-refractivity contribution is -0.127. The maximum absolute atomic E-state index is 12.1. The summed E-state index contributed by atoms with van der Waals surface area (Å²) < 4.78 is 31.3. The fourth-order valence-corrected chi connectivity index (χ4v) is 4.13. The molecule has 0 aliphatic carbocycles. The number of halogens is 1. The van der Waals surface area contributed by atoms with Crippen LogP contribution in [0.1, 0.15) is 11.8 Å². The van der Waals surface area contributed by atoms with E-state index in [2.05, 4.69) is 10.0 Å². The van der Waals surface area contributed by atoms with Crippen LogP contribution >= 0.6 is 22.9 Å². The van der Waals surface area contributed by atoms with Crippen LogP contribution in [0.5, 0.6) is 5.75 Å². The second kappa shape index (κ2) is 7.98. The van der Waals surface area contributed by atoms with Gasteiger partial charge in [-0.1, -0.05) is 17.7 Å². The molecule has 0 bridgehead atoms. The minimum atomic E-state index is -3.46. The highest BCUT2D eigenvalue weighted by Crippen LogP contribution is 2.21. The standard InChI is InChI=1S/C15H17ClN2O4S2/c1-10(22-12-5-3-4-11(16)8-12)15(19)18-9-13-6-7-14(23-13)24(20,21)17-2/h3-8,10,17H,9H2,1-2H3,(H,18,19). The number of ether oxygens (including phenoxy) is 1. The van der Waals surface area contributed by atoms with Gasteiger partial charge in [0.15, 0.2) is 6.10 Å². The number of amides is 1. The second-order valence-electron chi connectivity index (χ2n) is 4.86. The van der Waals surface area contributed by atoms with Gasteiger partial charge in [0.05, 0.1) is 6.54 Å². The molecule has 1 unspecified atom stereocenters. The molecule has 1 amide bonds. The second-order valence-corrected chi connectivity index (χ2v) is 8.58. The van der Waals surface area contributed by atoms with Crippen molar-refractivity contribution in [1.29, 1.82) is 0 Å². The van der Waals surface area contributed by atoms with E-state index in [4.69, 9.17) is 16.3 Å². The lowest BCUT2D eigenvalue weighted by atomic mass is 10.3. The van der Waals surface area contributed by atoms with Crippen molar-refractivity contribution in [3.05, 3.63) is 46.3 Å². The lowest BCUT2D eigenvalue weighted by Gasteiger charge is -2.14. The summed E-state index contributed by atoms with van der Waals surface area (Å²) in [5.41, 5.74) is 0. The highest BCUT2D eigenvalue weighted by molar-refractivity contribution is 7.91. The molecule has 2 N–H and O–H groups in total. The molecule has 0 spiro atoms. The molecule has 6 nitrogen and oxygen atoms in total. The normalized spacial score (nSPS) is 12.6. The molecule has 130 valence electrons. The Balaban J connectivity index is 1.91. The predicted octanol–water partition coefficient (Wildman–Crippen LogP) is 2.39. The van der Waals surface area contributed by atoms with Gasteiger partial charge >= 0.3 is 0 Å². The van der Waals surface area contributed by atoms with E-state index in [1.54, 1.807) is 37.3 Å². The summed E-state index contributed by atoms with van der Waals surface area (Å²) in [6.07, 6.45) is -0.705. The Morgan fingerprint density at radius 1 is 1.33 bits per heavy atom. The van der Waals surface area contributed by atoms with Crippen LogP contribution in [-0.4, -0.2) is 27.5 Å². The number of nitrogens with one attached hydrogen (secondary N) is 2. The first-order valence-electron chi connectivity index (χ1n) is 7.04. The predicted molar refractivity (Wildman–Crippen MR) is 94.0 cm³/mol.